The number of para-hydroxylation sites is 1. The topological polar surface area (TPSA) is 64.3 Å². The Kier molecular flexibility index (Phi) is 6.28. The van der Waals surface area contributed by atoms with Crippen LogP contribution in [-0.2, 0) is 11.8 Å². The molecule has 1 aliphatic rings. The zero-order valence-electron chi connectivity index (χ0n) is 18.1. The van der Waals surface area contributed by atoms with E-state index in [1.54, 1.807) is 0 Å². The second-order valence-corrected chi connectivity index (χ2v) is 7.66. The lowest BCUT2D eigenvalue weighted by Crippen LogP contribution is -2.50. The van der Waals surface area contributed by atoms with Crippen molar-refractivity contribution in [3.8, 4) is 6.07 Å². The monoisotopic (exact) mass is 421 g/mol. The molecular formula is C23H27N5OS. The molecule has 1 aromatic carbocycles. The number of aromatic nitrogens is 1. The first-order valence-corrected chi connectivity index (χ1v) is 10.5. The maximum absolute atomic E-state index is 13.6. The molecule has 0 bridgehead atoms. The van der Waals surface area contributed by atoms with Crippen LogP contribution in [0, 0.1) is 18.3 Å². The van der Waals surface area contributed by atoms with Gasteiger partial charge in [0.25, 0.3) is 5.91 Å². The second kappa shape index (κ2) is 8.72. The highest BCUT2D eigenvalue weighted by Crippen LogP contribution is 2.36. The molecule has 0 spiro atoms. The first-order chi connectivity index (χ1) is 14.3. The Balaban J connectivity index is 2.22. The number of nitriles is 1. The fraction of sp³-hybridized carbons (Fsp3) is 0.348. The lowest BCUT2D eigenvalue weighted by atomic mass is 9.93. The van der Waals surface area contributed by atoms with E-state index < -0.39 is 6.04 Å². The molecule has 2 heterocycles. The molecule has 1 N–H and O–H groups in total. The van der Waals surface area contributed by atoms with E-state index in [4.69, 9.17) is 12.2 Å². The first kappa shape index (κ1) is 21.6. The molecule has 0 saturated carbocycles. The van der Waals surface area contributed by atoms with Crippen molar-refractivity contribution in [2.75, 3.05) is 18.0 Å². The Morgan fingerprint density at radius 3 is 2.40 bits per heavy atom. The lowest BCUT2D eigenvalue weighted by molar-refractivity contribution is -0.127. The van der Waals surface area contributed by atoms with Crippen LogP contribution in [0.15, 0.2) is 47.7 Å². The van der Waals surface area contributed by atoms with Gasteiger partial charge in [0.2, 0.25) is 0 Å². The number of nitrogens with zero attached hydrogens (tertiary/aromatic N) is 4. The minimum absolute atomic E-state index is 0.0276. The molecule has 3 rings (SSSR count). The number of hydrogen-bond acceptors (Lipinski definition) is 3. The summed E-state index contributed by atoms with van der Waals surface area (Å²) < 4.78 is 1.85. The number of allylic oxidation sites excluding steroid dienone is 1. The molecule has 156 valence electrons. The molecule has 1 amide bonds. The van der Waals surface area contributed by atoms with Crippen LogP contribution < -0.4 is 10.2 Å². The van der Waals surface area contributed by atoms with E-state index in [9.17, 15) is 10.1 Å². The van der Waals surface area contributed by atoms with Crippen LogP contribution in [0.25, 0.3) is 0 Å². The van der Waals surface area contributed by atoms with Gasteiger partial charge in [0.1, 0.15) is 11.8 Å². The number of thiocarbonyl (C=S) groups is 1. The summed E-state index contributed by atoms with van der Waals surface area (Å²) >= 11 is 5.72. The summed E-state index contributed by atoms with van der Waals surface area (Å²) in [6, 6.07) is 13.4. The summed E-state index contributed by atoms with van der Waals surface area (Å²) in [4.78, 5) is 17.3. The summed E-state index contributed by atoms with van der Waals surface area (Å²) in [5.74, 6) is -0.0276. The number of nitrogens with one attached hydrogen (secondary N) is 1. The van der Waals surface area contributed by atoms with Crippen molar-refractivity contribution in [2.45, 2.75) is 33.7 Å². The Hall–Kier alpha value is -3.11. The number of hydrogen-bond donors (Lipinski definition) is 1. The Labute approximate surface area is 183 Å². The lowest BCUT2D eigenvalue weighted by Gasteiger charge is -2.39. The number of rotatable bonds is 5. The van der Waals surface area contributed by atoms with Crippen LogP contribution in [0.3, 0.4) is 0 Å². The first-order valence-electron chi connectivity index (χ1n) is 10.1. The summed E-state index contributed by atoms with van der Waals surface area (Å²) in [6.45, 7) is 9.08. The number of anilines is 1. The summed E-state index contributed by atoms with van der Waals surface area (Å²) in [5, 5.41) is 13.4. The van der Waals surface area contributed by atoms with Crippen molar-refractivity contribution in [3.05, 3.63) is 64.6 Å². The van der Waals surface area contributed by atoms with Crippen molar-refractivity contribution in [3.63, 3.8) is 0 Å². The molecule has 0 fully saturated rings. The maximum atomic E-state index is 13.6. The van der Waals surface area contributed by atoms with Gasteiger partial charge in [-0.15, -0.1) is 0 Å². The third-order valence-corrected chi connectivity index (χ3v) is 6.08. The Morgan fingerprint density at radius 2 is 1.87 bits per heavy atom. The fourth-order valence-electron chi connectivity index (χ4n) is 3.94. The predicted octanol–water partition coefficient (Wildman–Crippen LogP) is 3.78. The molecule has 7 heteroatoms. The number of carbonyl (C=O) groups excluding carboxylic acids is 1. The highest BCUT2D eigenvalue weighted by Gasteiger charge is 2.37. The van der Waals surface area contributed by atoms with Gasteiger partial charge in [-0.3, -0.25) is 9.69 Å². The molecule has 30 heavy (non-hydrogen) atoms. The van der Waals surface area contributed by atoms with Gasteiger partial charge in [-0.05, 0) is 58.1 Å². The maximum Gasteiger partial charge on any atom is 0.253 e. The molecule has 1 aliphatic heterocycles. The van der Waals surface area contributed by atoms with Crippen molar-refractivity contribution in [1.29, 1.82) is 5.26 Å². The molecule has 1 atom stereocenters. The summed E-state index contributed by atoms with van der Waals surface area (Å²) in [7, 11) is 1.86. The third kappa shape index (κ3) is 3.59. The average molecular weight is 422 g/mol. The van der Waals surface area contributed by atoms with Crippen LogP contribution in [0.5, 0.6) is 0 Å². The van der Waals surface area contributed by atoms with Gasteiger partial charge in [-0.1, -0.05) is 18.2 Å². The molecule has 0 saturated heterocycles. The molecule has 0 aliphatic carbocycles. The van der Waals surface area contributed by atoms with Crippen molar-refractivity contribution in [1.82, 2.24) is 14.8 Å². The summed E-state index contributed by atoms with van der Waals surface area (Å²) in [6.07, 6.45) is 0. The van der Waals surface area contributed by atoms with Crippen LogP contribution in [-0.4, -0.2) is 33.6 Å². The van der Waals surface area contributed by atoms with E-state index in [0.29, 0.717) is 29.5 Å². The molecule has 0 unspecified atom stereocenters. The van der Waals surface area contributed by atoms with E-state index in [1.165, 1.54) is 0 Å². The number of benzene rings is 1. The van der Waals surface area contributed by atoms with Gasteiger partial charge >= 0.3 is 0 Å². The van der Waals surface area contributed by atoms with Crippen LogP contribution in [0.2, 0.25) is 0 Å². The van der Waals surface area contributed by atoms with Gasteiger partial charge in [0.05, 0.1) is 11.6 Å². The molecule has 0 radical (unpaired) electrons. The standard InChI is InChI=1S/C23H27N5OS/c1-6-27(7-2)22(29)20-16(4)28(17-11-9-8-10-12-17)23(30)25-21(20)19-13-18(14-24)26(5)15(19)3/h8-13,21H,6-7H2,1-5H3,(H,25,30)/t21-/m1/s1. The molecule has 6 nitrogen and oxygen atoms in total. The van der Waals surface area contributed by atoms with Gasteiger partial charge in [0, 0.05) is 42.8 Å². The number of likely N-dealkylation sites (N-methyl/N-ethyl adjacent to an activating group) is 1. The Bertz CT molecular complexity index is 1040. The smallest absolute Gasteiger partial charge is 0.253 e. The van der Waals surface area contributed by atoms with Gasteiger partial charge in [-0.25, -0.2) is 0 Å². The predicted molar refractivity (Wildman–Crippen MR) is 123 cm³/mol. The van der Waals surface area contributed by atoms with Crippen molar-refractivity contribution in [2.24, 2.45) is 7.05 Å². The minimum atomic E-state index is -0.418. The zero-order chi connectivity index (χ0) is 22.0. The number of carbonyl (C=O) groups is 1. The SMILES string of the molecule is CCN(CC)C(=O)C1=C(C)N(c2ccccc2)C(=S)N[C@@H]1c1cc(C#N)n(C)c1C. The van der Waals surface area contributed by atoms with Crippen LogP contribution in [0.4, 0.5) is 5.69 Å². The zero-order valence-corrected chi connectivity index (χ0v) is 18.9. The van der Waals surface area contributed by atoms with E-state index >= 15 is 0 Å². The molecule has 2 aromatic rings. The van der Waals surface area contributed by atoms with Gasteiger partial charge in [-0.2, -0.15) is 5.26 Å². The van der Waals surface area contributed by atoms with Crippen molar-refractivity contribution >= 4 is 28.9 Å². The van der Waals surface area contributed by atoms with E-state index in [0.717, 1.165) is 22.6 Å². The highest BCUT2D eigenvalue weighted by atomic mass is 32.1. The summed E-state index contributed by atoms with van der Waals surface area (Å²) in [5.41, 5.74) is 4.71. The molecule has 1 aromatic heterocycles. The molecular weight excluding hydrogens is 394 g/mol. The third-order valence-electron chi connectivity index (χ3n) is 5.78. The largest absolute Gasteiger partial charge is 0.351 e. The minimum Gasteiger partial charge on any atom is -0.351 e. The van der Waals surface area contributed by atoms with Crippen LogP contribution in [0.1, 0.15) is 43.8 Å². The van der Waals surface area contributed by atoms with E-state index in [-0.39, 0.29) is 5.91 Å². The van der Waals surface area contributed by atoms with E-state index in [2.05, 4.69) is 11.4 Å². The highest BCUT2D eigenvalue weighted by molar-refractivity contribution is 7.80. The van der Waals surface area contributed by atoms with Gasteiger partial charge in [0.15, 0.2) is 5.11 Å². The normalized spacial score (nSPS) is 16.3. The van der Waals surface area contributed by atoms with Crippen molar-refractivity contribution < 1.29 is 4.79 Å². The van der Waals surface area contributed by atoms with Gasteiger partial charge < -0.3 is 14.8 Å². The average Bonchev–Trinajstić information content (AvgIpc) is 3.03. The number of amides is 1. The Morgan fingerprint density at radius 1 is 1.23 bits per heavy atom. The second-order valence-electron chi connectivity index (χ2n) is 7.27. The fourth-order valence-corrected chi connectivity index (χ4v) is 4.31. The quantitative estimate of drug-likeness (QED) is 0.745. The van der Waals surface area contributed by atoms with E-state index in [1.807, 2.05) is 85.5 Å². The van der Waals surface area contributed by atoms with Crippen LogP contribution >= 0.6 is 12.2 Å².